The maximum atomic E-state index is 10.1. The summed E-state index contributed by atoms with van der Waals surface area (Å²) in [6.07, 6.45) is -5.86. The zero-order valence-electron chi connectivity index (χ0n) is 14.2. The van der Waals surface area contributed by atoms with Gasteiger partial charge < -0.3 is 34.6 Å². The van der Waals surface area contributed by atoms with Crippen molar-refractivity contribution in [1.82, 2.24) is 0 Å². The maximum absolute atomic E-state index is 10.1. The first-order valence-electron chi connectivity index (χ1n) is 8.20. The summed E-state index contributed by atoms with van der Waals surface area (Å²) in [4.78, 5) is 0.923. The number of aliphatic hydroxyl groups is 4. The molecule has 1 aliphatic rings. The molecule has 26 heavy (non-hydrogen) atoms. The Morgan fingerprint density at radius 2 is 1.77 bits per heavy atom. The van der Waals surface area contributed by atoms with E-state index in [9.17, 15) is 20.4 Å². The van der Waals surface area contributed by atoms with Gasteiger partial charge in [0.15, 0.2) is 0 Å². The number of rotatable bonds is 6. The number of hydrogen-bond acceptors (Lipinski definition) is 8. The summed E-state index contributed by atoms with van der Waals surface area (Å²) in [7, 11) is 1.61. The van der Waals surface area contributed by atoms with Gasteiger partial charge in [-0.05, 0) is 29.1 Å². The van der Waals surface area contributed by atoms with Gasteiger partial charge in [0.2, 0.25) is 6.29 Å². The number of aliphatic hydroxyl groups excluding tert-OH is 4. The van der Waals surface area contributed by atoms with Crippen molar-refractivity contribution >= 4 is 11.3 Å². The van der Waals surface area contributed by atoms with Crippen LogP contribution in [0.15, 0.2) is 35.7 Å². The standard InChI is InChI=1S/C18H22O7S/c1-23-11-4-2-10(3-5-11)8-14-12(6-7-26-14)24-18-17(22)16(21)15(20)13(9-19)25-18/h2-7,13,15-22H,8-9H2,1H3. The van der Waals surface area contributed by atoms with E-state index >= 15 is 0 Å². The topological polar surface area (TPSA) is 109 Å². The van der Waals surface area contributed by atoms with Crippen LogP contribution in [0.3, 0.4) is 0 Å². The SMILES string of the molecule is COc1ccc(Cc2sccc2OC2OC(CO)C(O)C(O)C2O)cc1. The summed E-state index contributed by atoms with van der Waals surface area (Å²) in [6.45, 7) is -0.493. The van der Waals surface area contributed by atoms with Gasteiger partial charge in [0.05, 0.1) is 18.6 Å². The molecule has 0 aliphatic carbocycles. The Hall–Kier alpha value is -1.68. The van der Waals surface area contributed by atoms with Crippen molar-refractivity contribution in [3.05, 3.63) is 46.2 Å². The average molecular weight is 382 g/mol. The molecule has 142 valence electrons. The van der Waals surface area contributed by atoms with E-state index in [2.05, 4.69) is 0 Å². The molecule has 0 bridgehead atoms. The predicted octanol–water partition coefficient (Wildman–Crippen LogP) is 0.526. The van der Waals surface area contributed by atoms with E-state index in [1.54, 1.807) is 13.2 Å². The van der Waals surface area contributed by atoms with Crippen LogP contribution < -0.4 is 9.47 Å². The van der Waals surface area contributed by atoms with Gasteiger partial charge in [-0.3, -0.25) is 0 Å². The van der Waals surface area contributed by atoms with Gasteiger partial charge in [-0.2, -0.15) is 0 Å². The van der Waals surface area contributed by atoms with Crippen molar-refractivity contribution in [2.24, 2.45) is 0 Å². The molecule has 2 aromatic rings. The van der Waals surface area contributed by atoms with E-state index in [-0.39, 0.29) is 0 Å². The summed E-state index contributed by atoms with van der Waals surface area (Å²) < 4.78 is 16.3. The van der Waals surface area contributed by atoms with E-state index in [4.69, 9.17) is 14.2 Å². The van der Waals surface area contributed by atoms with Gasteiger partial charge in [0.25, 0.3) is 0 Å². The Balaban J connectivity index is 1.71. The highest BCUT2D eigenvalue weighted by Gasteiger charge is 2.44. The van der Waals surface area contributed by atoms with Crippen LogP contribution in [0.1, 0.15) is 10.4 Å². The average Bonchev–Trinajstić information content (AvgIpc) is 3.09. The molecule has 3 rings (SSSR count). The number of hydrogen-bond donors (Lipinski definition) is 4. The van der Waals surface area contributed by atoms with Gasteiger partial charge in [0, 0.05) is 6.42 Å². The molecule has 4 N–H and O–H groups in total. The molecule has 0 amide bonds. The molecule has 0 radical (unpaired) electrons. The molecule has 1 saturated heterocycles. The first-order valence-corrected chi connectivity index (χ1v) is 9.08. The Kier molecular flexibility index (Phi) is 6.13. The molecule has 8 heteroatoms. The molecule has 7 nitrogen and oxygen atoms in total. The Morgan fingerprint density at radius 3 is 2.42 bits per heavy atom. The fourth-order valence-electron chi connectivity index (χ4n) is 2.78. The molecular weight excluding hydrogens is 360 g/mol. The molecule has 0 saturated carbocycles. The Bertz CT molecular complexity index is 700. The van der Waals surface area contributed by atoms with Gasteiger partial charge in [-0.15, -0.1) is 11.3 Å². The second kappa shape index (κ2) is 8.34. The van der Waals surface area contributed by atoms with Crippen LogP contribution in [0.2, 0.25) is 0 Å². The molecular formula is C18H22O7S. The highest BCUT2D eigenvalue weighted by atomic mass is 32.1. The van der Waals surface area contributed by atoms with E-state index in [1.807, 2.05) is 29.6 Å². The minimum absolute atomic E-state index is 0.493. The molecule has 1 aliphatic heterocycles. The van der Waals surface area contributed by atoms with Gasteiger partial charge in [-0.1, -0.05) is 12.1 Å². The number of methoxy groups -OCH3 is 1. The summed E-state index contributed by atoms with van der Waals surface area (Å²) in [5.41, 5.74) is 1.06. The normalized spacial score (nSPS) is 28.7. The second-order valence-corrected chi connectivity index (χ2v) is 7.05. The fraction of sp³-hybridized carbons (Fsp3) is 0.444. The number of benzene rings is 1. The van der Waals surface area contributed by atoms with Crippen molar-refractivity contribution in [1.29, 1.82) is 0 Å². The molecule has 0 spiro atoms. The molecule has 2 heterocycles. The van der Waals surface area contributed by atoms with Crippen LogP contribution in [0.5, 0.6) is 11.5 Å². The first kappa shape index (κ1) is 19.1. The number of ether oxygens (including phenoxy) is 3. The summed E-state index contributed by atoms with van der Waals surface area (Å²) in [6, 6.07) is 9.42. The van der Waals surface area contributed by atoms with Crippen molar-refractivity contribution in [3.8, 4) is 11.5 Å². The van der Waals surface area contributed by atoms with E-state index in [0.717, 1.165) is 16.2 Å². The highest BCUT2D eigenvalue weighted by molar-refractivity contribution is 7.10. The highest BCUT2D eigenvalue weighted by Crippen LogP contribution is 2.31. The lowest BCUT2D eigenvalue weighted by molar-refractivity contribution is -0.277. The fourth-order valence-corrected chi connectivity index (χ4v) is 3.62. The summed E-state index contributed by atoms with van der Waals surface area (Å²) in [5.74, 6) is 1.30. The van der Waals surface area contributed by atoms with Crippen LogP contribution in [-0.2, 0) is 11.2 Å². The largest absolute Gasteiger partial charge is 0.497 e. The summed E-state index contributed by atoms with van der Waals surface area (Å²) >= 11 is 1.50. The molecule has 5 atom stereocenters. The number of thiophene rings is 1. The van der Waals surface area contributed by atoms with E-state index < -0.39 is 37.3 Å². The molecule has 1 aromatic carbocycles. The lowest BCUT2D eigenvalue weighted by Gasteiger charge is -2.39. The van der Waals surface area contributed by atoms with Crippen LogP contribution in [0.25, 0.3) is 0 Å². The zero-order chi connectivity index (χ0) is 18.7. The van der Waals surface area contributed by atoms with Crippen molar-refractivity contribution in [2.75, 3.05) is 13.7 Å². The lowest BCUT2D eigenvalue weighted by atomic mass is 9.99. The smallest absolute Gasteiger partial charge is 0.229 e. The van der Waals surface area contributed by atoms with E-state index in [1.165, 1.54) is 11.3 Å². The predicted molar refractivity (Wildman–Crippen MR) is 94.5 cm³/mol. The third-order valence-corrected chi connectivity index (χ3v) is 5.22. The van der Waals surface area contributed by atoms with Gasteiger partial charge in [-0.25, -0.2) is 0 Å². The molecule has 5 unspecified atom stereocenters. The molecule has 1 fully saturated rings. The summed E-state index contributed by atoms with van der Waals surface area (Å²) in [5, 5.41) is 40.9. The van der Waals surface area contributed by atoms with Crippen LogP contribution >= 0.6 is 11.3 Å². The monoisotopic (exact) mass is 382 g/mol. The van der Waals surface area contributed by atoms with Gasteiger partial charge >= 0.3 is 0 Å². The van der Waals surface area contributed by atoms with Crippen molar-refractivity contribution < 1.29 is 34.6 Å². The first-order chi connectivity index (χ1) is 12.5. The lowest BCUT2D eigenvalue weighted by Crippen LogP contribution is -2.60. The Labute approximate surface area is 155 Å². The zero-order valence-corrected chi connectivity index (χ0v) is 15.0. The molecule has 1 aromatic heterocycles. The second-order valence-electron chi connectivity index (χ2n) is 6.05. The van der Waals surface area contributed by atoms with Crippen LogP contribution in [0.4, 0.5) is 0 Å². The van der Waals surface area contributed by atoms with Crippen LogP contribution in [-0.4, -0.2) is 64.8 Å². The van der Waals surface area contributed by atoms with Gasteiger partial charge in [0.1, 0.15) is 35.9 Å². The minimum atomic E-state index is -1.46. The van der Waals surface area contributed by atoms with E-state index in [0.29, 0.717) is 12.2 Å². The van der Waals surface area contributed by atoms with Crippen LogP contribution in [0, 0.1) is 0 Å². The van der Waals surface area contributed by atoms with Crippen molar-refractivity contribution in [2.45, 2.75) is 37.1 Å². The minimum Gasteiger partial charge on any atom is -0.497 e. The third-order valence-electron chi connectivity index (χ3n) is 4.32. The third kappa shape index (κ3) is 4.01. The maximum Gasteiger partial charge on any atom is 0.229 e. The van der Waals surface area contributed by atoms with Crippen molar-refractivity contribution in [3.63, 3.8) is 0 Å². The Morgan fingerprint density at radius 1 is 1.04 bits per heavy atom. The quantitative estimate of drug-likeness (QED) is 0.577.